The van der Waals surface area contributed by atoms with Gasteiger partial charge in [0.1, 0.15) is 0 Å². The smallest absolute Gasteiger partial charge is 0.0664 e. The third-order valence-electron chi connectivity index (χ3n) is 2.33. The van der Waals surface area contributed by atoms with Gasteiger partial charge in [-0.25, -0.2) is 0 Å². The Hall–Kier alpha value is -0.760. The van der Waals surface area contributed by atoms with Crippen LogP contribution in [0.15, 0.2) is 24.5 Å². The van der Waals surface area contributed by atoms with Crippen molar-refractivity contribution >= 4 is 0 Å². The molecule has 0 bridgehead atoms. The first-order valence-corrected chi connectivity index (χ1v) is 3.97. The highest BCUT2D eigenvalue weighted by atomic mass is 16.3. The molecule has 0 aliphatic carbocycles. The molecule has 0 aromatic carbocycles. The van der Waals surface area contributed by atoms with E-state index >= 15 is 0 Å². The van der Waals surface area contributed by atoms with Crippen molar-refractivity contribution in [2.75, 3.05) is 6.61 Å². The molecule has 0 fully saturated rings. The molecule has 1 heterocycles. The average molecular weight is 153 g/mol. The summed E-state index contributed by atoms with van der Waals surface area (Å²) in [5.74, 6) is 0. The summed E-state index contributed by atoms with van der Waals surface area (Å²) >= 11 is 0. The largest absolute Gasteiger partial charge is 0.394 e. The van der Waals surface area contributed by atoms with Gasteiger partial charge in [0.15, 0.2) is 0 Å². The zero-order chi connectivity index (χ0) is 8.32. The van der Waals surface area contributed by atoms with Gasteiger partial charge in [-0.15, -0.1) is 0 Å². The molecule has 0 spiro atoms. The molecule has 1 atom stereocenters. The summed E-state index contributed by atoms with van der Waals surface area (Å²) in [5.41, 5.74) is -0.122. The summed E-state index contributed by atoms with van der Waals surface area (Å²) in [7, 11) is 0. The molecule has 2 heteroatoms. The highest BCUT2D eigenvalue weighted by Crippen LogP contribution is 2.18. The number of aliphatic hydroxyl groups is 1. The molecular formula is C9H15NO. The zero-order valence-corrected chi connectivity index (χ0v) is 7.12. The Morgan fingerprint density at radius 1 is 1.36 bits per heavy atom. The second-order valence-corrected chi connectivity index (χ2v) is 3.10. The van der Waals surface area contributed by atoms with Crippen LogP contribution in [0, 0.1) is 0 Å². The van der Waals surface area contributed by atoms with E-state index < -0.39 is 0 Å². The van der Waals surface area contributed by atoms with Crippen molar-refractivity contribution in [1.82, 2.24) is 4.57 Å². The number of aromatic nitrogens is 1. The number of aliphatic hydroxyl groups excluding tert-OH is 1. The standard InChI is InChI=1S/C9H15NO/c1-3-9(2,8-11)10-6-4-5-7-10/h4-7,11H,3,8H2,1-2H3. The molecule has 11 heavy (non-hydrogen) atoms. The number of hydrogen-bond acceptors (Lipinski definition) is 1. The van der Waals surface area contributed by atoms with E-state index in [9.17, 15) is 0 Å². The minimum Gasteiger partial charge on any atom is -0.394 e. The van der Waals surface area contributed by atoms with Crippen molar-refractivity contribution in [3.63, 3.8) is 0 Å². The van der Waals surface area contributed by atoms with E-state index in [1.165, 1.54) is 0 Å². The highest BCUT2D eigenvalue weighted by molar-refractivity contribution is 4.96. The summed E-state index contributed by atoms with van der Waals surface area (Å²) in [6.45, 7) is 4.32. The molecule has 1 aromatic rings. The second-order valence-electron chi connectivity index (χ2n) is 3.10. The highest BCUT2D eigenvalue weighted by Gasteiger charge is 2.21. The van der Waals surface area contributed by atoms with Crippen LogP contribution in [0.3, 0.4) is 0 Å². The molecule has 0 aliphatic rings. The van der Waals surface area contributed by atoms with Gasteiger partial charge in [0.2, 0.25) is 0 Å². The Kier molecular flexibility index (Phi) is 2.35. The van der Waals surface area contributed by atoms with E-state index in [4.69, 9.17) is 5.11 Å². The summed E-state index contributed by atoms with van der Waals surface area (Å²) in [4.78, 5) is 0. The molecule has 2 nitrogen and oxygen atoms in total. The lowest BCUT2D eigenvalue weighted by molar-refractivity contribution is 0.144. The van der Waals surface area contributed by atoms with Gasteiger partial charge in [-0.3, -0.25) is 0 Å². The van der Waals surface area contributed by atoms with Crippen LogP contribution in [-0.2, 0) is 5.54 Å². The quantitative estimate of drug-likeness (QED) is 0.701. The summed E-state index contributed by atoms with van der Waals surface area (Å²) in [6.07, 6.45) is 4.91. The molecule has 0 saturated carbocycles. The lowest BCUT2D eigenvalue weighted by atomic mass is 10.0. The Morgan fingerprint density at radius 3 is 2.27 bits per heavy atom. The van der Waals surface area contributed by atoms with Gasteiger partial charge < -0.3 is 9.67 Å². The molecule has 0 saturated heterocycles. The summed E-state index contributed by atoms with van der Waals surface area (Å²) in [6, 6.07) is 3.95. The molecule has 1 N–H and O–H groups in total. The topological polar surface area (TPSA) is 25.2 Å². The fourth-order valence-electron chi connectivity index (χ4n) is 1.07. The maximum atomic E-state index is 9.14. The van der Waals surface area contributed by atoms with E-state index in [1.807, 2.05) is 36.0 Å². The fraction of sp³-hybridized carbons (Fsp3) is 0.556. The first-order valence-electron chi connectivity index (χ1n) is 3.97. The molecule has 0 radical (unpaired) electrons. The van der Waals surface area contributed by atoms with E-state index in [2.05, 4.69) is 6.92 Å². The third kappa shape index (κ3) is 1.46. The van der Waals surface area contributed by atoms with Crippen molar-refractivity contribution in [1.29, 1.82) is 0 Å². The van der Waals surface area contributed by atoms with Crippen LogP contribution in [0.4, 0.5) is 0 Å². The van der Waals surface area contributed by atoms with Gasteiger partial charge in [0.25, 0.3) is 0 Å². The number of nitrogens with zero attached hydrogens (tertiary/aromatic N) is 1. The molecule has 1 unspecified atom stereocenters. The zero-order valence-electron chi connectivity index (χ0n) is 7.12. The second kappa shape index (κ2) is 3.09. The Labute approximate surface area is 67.5 Å². The molecule has 0 amide bonds. The minimum atomic E-state index is -0.122. The van der Waals surface area contributed by atoms with E-state index in [1.54, 1.807) is 0 Å². The fourth-order valence-corrected chi connectivity index (χ4v) is 1.07. The van der Waals surface area contributed by atoms with Crippen molar-refractivity contribution in [2.24, 2.45) is 0 Å². The van der Waals surface area contributed by atoms with Crippen molar-refractivity contribution in [3.8, 4) is 0 Å². The van der Waals surface area contributed by atoms with Crippen LogP contribution in [0.1, 0.15) is 20.3 Å². The number of rotatable bonds is 3. The van der Waals surface area contributed by atoms with Crippen LogP contribution in [-0.4, -0.2) is 16.3 Å². The molecule has 0 aliphatic heterocycles. The molecule has 62 valence electrons. The van der Waals surface area contributed by atoms with Gasteiger partial charge in [-0.05, 0) is 25.5 Å². The van der Waals surface area contributed by atoms with Gasteiger partial charge in [0, 0.05) is 12.4 Å². The van der Waals surface area contributed by atoms with E-state index in [0.29, 0.717) is 0 Å². The van der Waals surface area contributed by atoms with Crippen LogP contribution in [0.2, 0.25) is 0 Å². The normalized spacial score (nSPS) is 16.3. The molecule has 1 rings (SSSR count). The molecule has 1 aromatic heterocycles. The maximum Gasteiger partial charge on any atom is 0.0664 e. The summed E-state index contributed by atoms with van der Waals surface area (Å²) in [5, 5.41) is 9.14. The van der Waals surface area contributed by atoms with Crippen LogP contribution in [0.25, 0.3) is 0 Å². The van der Waals surface area contributed by atoms with Crippen molar-refractivity contribution < 1.29 is 5.11 Å². The molecular weight excluding hydrogens is 138 g/mol. The van der Waals surface area contributed by atoms with E-state index in [0.717, 1.165) is 6.42 Å². The Morgan fingerprint density at radius 2 is 1.91 bits per heavy atom. The van der Waals surface area contributed by atoms with Gasteiger partial charge in [-0.1, -0.05) is 6.92 Å². The van der Waals surface area contributed by atoms with Gasteiger partial charge in [0.05, 0.1) is 12.1 Å². The SMILES string of the molecule is CCC(C)(CO)n1cccc1. The van der Waals surface area contributed by atoms with Crippen molar-refractivity contribution in [2.45, 2.75) is 25.8 Å². The van der Waals surface area contributed by atoms with Crippen LogP contribution in [0.5, 0.6) is 0 Å². The number of hydrogen-bond donors (Lipinski definition) is 1. The minimum absolute atomic E-state index is 0.122. The van der Waals surface area contributed by atoms with Crippen LogP contribution < -0.4 is 0 Å². The monoisotopic (exact) mass is 153 g/mol. The first-order chi connectivity index (χ1) is 5.23. The van der Waals surface area contributed by atoms with Gasteiger partial charge in [-0.2, -0.15) is 0 Å². The maximum absolute atomic E-state index is 9.14. The Bertz CT molecular complexity index is 199. The summed E-state index contributed by atoms with van der Waals surface area (Å²) < 4.78 is 2.05. The Balaban J connectivity index is 2.87. The predicted octanol–water partition coefficient (Wildman–Crippen LogP) is 1.61. The van der Waals surface area contributed by atoms with Crippen LogP contribution >= 0.6 is 0 Å². The van der Waals surface area contributed by atoms with E-state index in [-0.39, 0.29) is 12.1 Å². The lowest BCUT2D eigenvalue weighted by Gasteiger charge is -2.27. The predicted molar refractivity (Wildman–Crippen MR) is 45.5 cm³/mol. The first kappa shape index (κ1) is 8.34. The van der Waals surface area contributed by atoms with Crippen molar-refractivity contribution in [3.05, 3.63) is 24.5 Å². The van der Waals surface area contributed by atoms with Gasteiger partial charge >= 0.3 is 0 Å². The third-order valence-corrected chi connectivity index (χ3v) is 2.33. The lowest BCUT2D eigenvalue weighted by Crippen LogP contribution is -2.32. The average Bonchev–Trinajstić information content (AvgIpc) is 2.55.